The summed E-state index contributed by atoms with van der Waals surface area (Å²) in [6.45, 7) is 0.974. The molecule has 160 valence electrons. The molecule has 0 bridgehead atoms. The molecule has 2 aromatic rings. The molecule has 0 radical (unpaired) electrons. The van der Waals surface area contributed by atoms with Gasteiger partial charge >= 0.3 is 11.8 Å². The molecule has 1 fully saturated rings. The van der Waals surface area contributed by atoms with Crippen LogP contribution < -0.4 is 9.64 Å². The van der Waals surface area contributed by atoms with Gasteiger partial charge in [0.05, 0.1) is 16.9 Å². The molecule has 1 amide bonds. The number of hydrogen-bond donors (Lipinski definition) is 0. The van der Waals surface area contributed by atoms with Crippen molar-refractivity contribution < 1.29 is 32.2 Å². The van der Waals surface area contributed by atoms with Crippen LogP contribution in [0.4, 0.5) is 18.9 Å². The number of ether oxygens (including phenoxy) is 3. The molecule has 0 unspecified atom stereocenters. The number of anilines is 1. The van der Waals surface area contributed by atoms with Gasteiger partial charge in [0.15, 0.2) is 0 Å². The van der Waals surface area contributed by atoms with Gasteiger partial charge in [-0.3, -0.25) is 4.79 Å². The number of carbonyl (C=O) groups is 1. The monoisotopic (exact) mass is 421 g/mol. The highest BCUT2D eigenvalue weighted by Crippen LogP contribution is 2.44. The predicted octanol–water partition coefficient (Wildman–Crippen LogP) is 4.13. The zero-order valence-corrected chi connectivity index (χ0v) is 16.7. The maximum Gasteiger partial charge on any atom is 0.352 e. The number of fused-ring (bicyclic) bond motifs is 1. The fraction of sp³-hybridized carbons (Fsp3) is 0.409. The molecule has 8 heteroatoms. The van der Waals surface area contributed by atoms with E-state index in [9.17, 15) is 18.0 Å². The Kier molecular flexibility index (Phi) is 5.23. The van der Waals surface area contributed by atoms with Crippen molar-refractivity contribution in [1.29, 1.82) is 0 Å². The van der Waals surface area contributed by atoms with Crippen molar-refractivity contribution in [2.45, 2.75) is 31.0 Å². The Balaban J connectivity index is 1.56. The van der Waals surface area contributed by atoms with E-state index in [1.165, 1.54) is 31.3 Å². The average molecular weight is 421 g/mol. The summed E-state index contributed by atoms with van der Waals surface area (Å²) in [6.07, 6.45) is 1.18. The highest BCUT2D eigenvalue weighted by Gasteiger charge is 2.51. The van der Waals surface area contributed by atoms with Gasteiger partial charge in [-0.2, -0.15) is 8.78 Å². The van der Waals surface area contributed by atoms with Gasteiger partial charge in [-0.15, -0.1) is 0 Å². The van der Waals surface area contributed by atoms with Crippen LogP contribution in [0.2, 0.25) is 0 Å². The molecule has 0 aliphatic carbocycles. The van der Waals surface area contributed by atoms with Crippen LogP contribution in [0, 0.1) is 5.82 Å². The standard InChI is InChI=1S/C22H22F3NO4/c1-26-19-4-3-14(9-18(19)22(24,25)20(26)27)13-30-17-11-15(10-16(23)12-17)21(28-2)5-7-29-8-6-21/h3-4,9-12H,5-8,13H2,1-2H3. The fourth-order valence-corrected chi connectivity index (χ4v) is 4.04. The van der Waals surface area contributed by atoms with Crippen LogP contribution in [-0.2, 0) is 32.4 Å². The van der Waals surface area contributed by atoms with Gasteiger partial charge in [-0.05, 0) is 35.4 Å². The summed E-state index contributed by atoms with van der Waals surface area (Å²) >= 11 is 0. The number of halogens is 3. The van der Waals surface area contributed by atoms with Crippen molar-refractivity contribution in [1.82, 2.24) is 0 Å². The molecule has 0 spiro atoms. The number of nitrogens with zero attached hydrogens (tertiary/aromatic N) is 1. The summed E-state index contributed by atoms with van der Waals surface area (Å²) in [5.74, 6) is -5.03. The summed E-state index contributed by atoms with van der Waals surface area (Å²) in [5, 5.41) is 0. The SMILES string of the molecule is COC1(c2cc(F)cc(OCc3ccc4c(c3)C(F)(F)C(=O)N4C)c2)CCOCC1. The maximum atomic E-state index is 14.3. The molecule has 0 N–H and O–H groups in total. The van der Waals surface area contributed by atoms with Crippen molar-refractivity contribution in [2.75, 3.05) is 32.3 Å². The number of likely N-dealkylation sites (N-methyl/N-ethyl adjacent to an activating group) is 1. The Hall–Kier alpha value is -2.58. The second-order valence-electron chi connectivity index (χ2n) is 7.57. The first kappa shape index (κ1) is 20.7. The van der Waals surface area contributed by atoms with Crippen LogP contribution in [0.1, 0.15) is 29.5 Å². The molecular formula is C22H22F3NO4. The summed E-state index contributed by atoms with van der Waals surface area (Å²) in [6, 6.07) is 8.69. The predicted molar refractivity (Wildman–Crippen MR) is 103 cm³/mol. The zero-order valence-electron chi connectivity index (χ0n) is 16.7. The van der Waals surface area contributed by atoms with E-state index >= 15 is 0 Å². The summed E-state index contributed by atoms with van der Waals surface area (Å²) in [7, 11) is 2.90. The van der Waals surface area contributed by atoms with Gasteiger partial charge in [0.2, 0.25) is 0 Å². The first-order valence-corrected chi connectivity index (χ1v) is 9.63. The molecule has 0 saturated carbocycles. The highest BCUT2D eigenvalue weighted by molar-refractivity contribution is 6.05. The van der Waals surface area contributed by atoms with Gasteiger partial charge in [0.1, 0.15) is 18.2 Å². The molecule has 2 aliphatic heterocycles. The Labute approximate surface area is 172 Å². The molecule has 0 aromatic heterocycles. The molecule has 2 aromatic carbocycles. The Morgan fingerprint density at radius 1 is 1.13 bits per heavy atom. The first-order valence-electron chi connectivity index (χ1n) is 9.63. The topological polar surface area (TPSA) is 48.0 Å². The van der Waals surface area contributed by atoms with Crippen molar-refractivity contribution in [3.8, 4) is 5.75 Å². The highest BCUT2D eigenvalue weighted by atomic mass is 19.3. The third kappa shape index (κ3) is 3.44. The molecule has 0 atom stereocenters. The molecule has 2 aliphatic rings. The summed E-state index contributed by atoms with van der Waals surface area (Å²) in [5.41, 5.74) is 0.268. The zero-order chi connectivity index (χ0) is 21.5. The molecule has 1 saturated heterocycles. The van der Waals surface area contributed by atoms with Crippen LogP contribution in [0.3, 0.4) is 0 Å². The van der Waals surface area contributed by atoms with Crippen molar-refractivity contribution in [3.63, 3.8) is 0 Å². The minimum absolute atomic E-state index is 0.0484. The second kappa shape index (κ2) is 7.59. The minimum atomic E-state index is -3.57. The first-order chi connectivity index (χ1) is 14.3. The lowest BCUT2D eigenvalue weighted by Gasteiger charge is -2.36. The molecule has 4 rings (SSSR count). The van der Waals surface area contributed by atoms with Crippen LogP contribution in [-0.4, -0.2) is 33.3 Å². The minimum Gasteiger partial charge on any atom is -0.489 e. The van der Waals surface area contributed by atoms with E-state index in [0.29, 0.717) is 37.2 Å². The molecule has 30 heavy (non-hydrogen) atoms. The lowest BCUT2D eigenvalue weighted by atomic mass is 9.86. The van der Waals surface area contributed by atoms with Crippen LogP contribution in [0.5, 0.6) is 5.75 Å². The van der Waals surface area contributed by atoms with E-state index in [4.69, 9.17) is 14.2 Å². The second-order valence-corrected chi connectivity index (χ2v) is 7.57. The number of benzene rings is 2. The Bertz CT molecular complexity index is 973. The Morgan fingerprint density at radius 3 is 2.57 bits per heavy atom. The van der Waals surface area contributed by atoms with Gasteiger partial charge in [-0.25, -0.2) is 4.39 Å². The van der Waals surface area contributed by atoms with Crippen LogP contribution in [0.15, 0.2) is 36.4 Å². The number of hydrogen-bond acceptors (Lipinski definition) is 4. The van der Waals surface area contributed by atoms with Crippen LogP contribution in [0.25, 0.3) is 0 Å². The smallest absolute Gasteiger partial charge is 0.352 e. The van der Waals surface area contributed by atoms with Gasteiger partial charge in [-0.1, -0.05) is 6.07 Å². The molecule has 2 heterocycles. The van der Waals surface area contributed by atoms with Crippen molar-refractivity contribution in [3.05, 3.63) is 58.9 Å². The maximum absolute atomic E-state index is 14.3. The third-order valence-corrected chi connectivity index (χ3v) is 5.83. The number of rotatable bonds is 5. The lowest BCUT2D eigenvalue weighted by Crippen LogP contribution is -2.35. The number of methoxy groups -OCH3 is 1. The number of carbonyl (C=O) groups excluding carboxylic acids is 1. The van der Waals surface area contributed by atoms with E-state index in [1.807, 2.05) is 0 Å². The lowest BCUT2D eigenvalue weighted by molar-refractivity contribution is -0.141. The quantitative estimate of drug-likeness (QED) is 0.729. The van der Waals surface area contributed by atoms with E-state index in [0.717, 1.165) is 4.90 Å². The number of alkyl halides is 2. The Morgan fingerprint density at radius 2 is 1.87 bits per heavy atom. The van der Waals surface area contributed by atoms with E-state index in [1.54, 1.807) is 19.2 Å². The van der Waals surface area contributed by atoms with Crippen molar-refractivity contribution >= 4 is 11.6 Å². The van der Waals surface area contributed by atoms with Gasteiger partial charge < -0.3 is 19.1 Å². The van der Waals surface area contributed by atoms with Crippen LogP contribution >= 0.6 is 0 Å². The van der Waals surface area contributed by atoms with E-state index < -0.39 is 23.2 Å². The summed E-state index contributed by atoms with van der Waals surface area (Å²) in [4.78, 5) is 12.7. The average Bonchev–Trinajstić information content (AvgIpc) is 2.92. The molecular weight excluding hydrogens is 399 g/mol. The number of amides is 1. The third-order valence-electron chi connectivity index (χ3n) is 5.83. The largest absolute Gasteiger partial charge is 0.489 e. The fourth-order valence-electron chi connectivity index (χ4n) is 4.04. The van der Waals surface area contributed by atoms with Crippen molar-refractivity contribution in [2.24, 2.45) is 0 Å². The van der Waals surface area contributed by atoms with E-state index in [-0.39, 0.29) is 23.6 Å². The normalized spacial score (nSPS) is 19.6. The van der Waals surface area contributed by atoms with E-state index in [2.05, 4.69) is 0 Å². The van der Waals surface area contributed by atoms with Gasteiger partial charge in [0, 0.05) is 46.3 Å². The summed E-state index contributed by atoms with van der Waals surface area (Å²) < 4.78 is 59.5. The van der Waals surface area contributed by atoms with Gasteiger partial charge in [0.25, 0.3) is 0 Å². The molecule has 5 nitrogen and oxygen atoms in total.